The Balaban J connectivity index is 1.62. The maximum atomic E-state index is 4.66. The summed E-state index contributed by atoms with van der Waals surface area (Å²) in [5.74, 6) is 2.04. The van der Waals surface area contributed by atoms with Gasteiger partial charge in [-0.25, -0.2) is 4.98 Å². The van der Waals surface area contributed by atoms with Crippen LogP contribution in [0.5, 0.6) is 0 Å². The van der Waals surface area contributed by atoms with Gasteiger partial charge in [0.1, 0.15) is 5.01 Å². The summed E-state index contributed by atoms with van der Waals surface area (Å²) in [6, 6.07) is 0. The molecular formula is C13H19N3S2. The highest BCUT2D eigenvalue weighted by molar-refractivity contribution is 8.14. The van der Waals surface area contributed by atoms with Crippen molar-refractivity contribution < 1.29 is 0 Å². The molecule has 2 unspecified atom stereocenters. The Hall–Kier alpha value is -0.550. The fraction of sp³-hybridized carbons (Fsp3) is 0.692. The van der Waals surface area contributed by atoms with Gasteiger partial charge >= 0.3 is 0 Å². The van der Waals surface area contributed by atoms with Gasteiger partial charge < -0.3 is 5.32 Å². The molecule has 0 bridgehead atoms. The van der Waals surface area contributed by atoms with Crippen molar-refractivity contribution in [1.82, 2.24) is 10.3 Å². The Bertz CT molecular complexity index is 429. The lowest BCUT2D eigenvalue weighted by Gasteiger charge is -2.36. The molecule has 5 heteroatoms. The van der Waals surface area contributed by atoms with Gasteiger partial charge in [-0.05, 0) is 18.8 Å². The first kappa shape index (κ1) is 12.5. The van der Waals surface area contributed by atoms with Crippen molar-refractivity contribution in [3.05, 3.63) is 16.6 Å². The molecule has 0 amide bonds. The summed E-state index contributed by atoms with van der Waals surface area (Å²) < 4.78 is 0. The maximum Gasteiger partial charge on any atom is 0.157 e. The molecule has 3 nitrogen and oxygen atoms in total. The molecular weight excluding hydrogens is 262 g/mol. The summed E-state index contributed by atoms with van der Waals surface area (Å²) in [5.41, 5.74) is 0.337. The van der Waals surface area contributed by atoms with E-state index in [1.54, 1.807) is 11.3 Å². The van der Waals surface area contributed by atoms with Crippen molar-refractivity contribution in [2.75, 3.05) is 5.75 Å². The van der Waals surface area contributed by atoms with Crippen LogP contribution in [0.4, 0.5) is 0 Å². The molecule has 1 aromatic rings. The average Bonchev–Trinajstić information content (AvgIpc) is 2.97. The Morgan fingerprint density at radius 1 is 1.61 bits per heavy atom. The van der Waals surface area contributed by atoms with E-state index in [1.165, 1.54) is 31.4 Å². The SMILES string of the molecule is CC1CCCC2(CSC(=NCc3nccs3)N2)C1. The molecule has 2 aliphatic rings. The predicted octanol–water partition coefficient (Wildman–Crippen LogP) is 3.28. The number of thiazole rings is 1. The van der Waals surface area contributed by atoms with Gasteiger partial charge in [0.2, 0.25) is 0 Å². The molecule has 98 valence electrons. The van der Waals surface area contributed by atoms with Crippen LogP contribution < -0.4 is 5.32 Å². The van der Waals surface area contributed by atoms with E-state index < -0.39 is 0 Å². The number of thioether (sulfide) groups is 1. The second kappa shape index (κ2) is 5.21. The highest BCUT2D eigenvalue weighted by Crippen LogP contribution is 2.38. The summed E-state index contributed by atoms with van der Waals surface area (Å²) in [4.78, 5) is 8.92. The van der Waals surface area contributed by atoms with Gasteiger partial charge in [0.25, 0.3) is 0 Å². The van der Waals surface area contributed by atoms with Gasteiger partial charge in [-0.2, -0.15) is 0 Å². The minimum atomic E-state index is 0.337. The van der Waals surface area contributed by atoms with Gasteiger partial charge in [0.15, 0.2) is 5.17 Å². The van der Waals surface area contributed by atoms with Crippen molar-refractivity contribution >= 4 is 28.3 Å². The second-order valence-electron chi connectivity index (χ2n) is 5.44. The Kier molecular flexibility index (Phi) is 3.61. The fourth-order valence-electron chi connectivity index (χ4n) is 2.97. The van der Waals surface area contributed by atoms with Crippen LogP contribution in [0, 0.1) is 5.92 Å². The van der Waals surface area contributed by atoms with E-state index in [0.29, 0.717) is 5.54 Å². The number of aromatic nitrogens is 1. The van der Waals surface area contributed by atoms with Crippen molar-refractivity contribution in [3.8, 4) is 0 Å². The molecule has 0 aromatic carbocycles. The van der Waals surface area contributed by atoms with Crippen LogP contribution in [0.2, 0.25) is 0 Å². The van der Waals surface area contributed by atoms with Crippen molar-refractivity contribution in [1.29, 1.82) is 0 Å². The topological polar surface area (TPSA) is 37.3 Å². The Labute approximate surface area is 116 Å². The smallest absolute Gasteiger partial charge is 0.157 e. The van der Waals surface area contributed by atoms with E-state index in [2.05, 4.69) is 22.2 Å². The summed E-state index contributed by atoms with van der Waals surface area (Å²) in [5, 5.41) is 7.92. The van der Waals surface area contributed by atoms with Crippen molar-refractivity contribution in [3.63, 3.8) is 0 Å². The molecule has 0 radical (unpaired) electrons. The Morgan fingerprint density at radius 3 is 3.33 bits per heavy atom. The highest BCUT2D eigenvalue weighted by atomic mass is 32.2. The third kappa shape index (κ3) is 2.72. The Morgan fingerprint density at radius 2 is 2.56 bits per heavy atom. The number of hydrogen-bond donors (Lipinski definition) is 1. The number of aliphatic imine (C=N–C) groups is 1. The van der Waals surface area contributed by atoms with Gasteiger partial charge in [0, 0.05) is 22.9 Å². The largest absolute Gasteiger partial charge is 0.359 e. The van der Waals surface area contributed by atoms with Crippen LogP contribution >= 0.6 is 23.1 Å². The molecule has 1 aliphatic heterocycles. The van der Waals surface area contributed by atoms with Gasteiger partial charge in [-0.3, -0.25) is 4.99 Å². The molecule has 3 rings (SSSR count). The molecule has 1 spiro atoms. The van der Waals surface area contributed by atoms with E-state index in [4.69, 9.17) is 0 Å². The van der Waals surface area contributed by atoms with E-state index in [-0.39, 0.29) is 0 Å². The van der Waals surface area contributed by atoms with Crippen LogP contribution in [-0.4, -0.2) is 21.4 Å². The third-order valence-corrected chi connectivity index (χ3v) is 5.76. The van der Waals surface area contributed by atoms with Gasteiger partial charge in [-0.15, -0.1) is 11.3 Å². The third-order valence-electron chi connectivity index (χ3n) is 3.79. The predicted molar refractivity (Wildman–Crippen MR) is 79.2 cm³/mol. The molecule has 2 atom stereocenters. The normalized spacial score (nSPS) is 34.1. The van der Waals surface area contributed by atoms with E-state index in [1.807, 2.05) is 23.3 Å². The molecule has 1 aliphatic carbocycles. The molecule has 1 aromatic heterocycles. The fourth-order valence-corrected chi connectivity index (χ4v) is 4.70. The van der Waals surface area contributed by atoms with E-state index >= 15 is 0 Å². The molecule has 2 fully saturated rings. The lowest BCUT2D eigenvalue weighted by atomic mass is 9.78. The van der Waals surface area contributed by atoms with Crippen LogP contribution in [0.25, 0.3) is 0 Å². The highest BCUT2D eigenvalue weighted by Gasteiger charge is 2.40. The van der Waals surface area contributed by atoms with E-state index in [9.17, 15) is 0 Å². The zero-order valence-electron chi connectivity index (χ0n) is 10.7. The first-order valence-corrected chi connectivity index (χ1v) is 8.46. The molecule has 1 saturated carbocycles. The standard InChI is InChI=1S/C13H19N3S2/c1-10-3-2-4-13(7-10)9-18-12(16-13)15-8-11-14-5-6-17-11/h5-6,10H,2-4,7-9H2,1H3,(H,15,16). The second-order valence-corrected chi connectivity index (χ2v) is 7.39. The zero-order chi connectivity index (χ0) is 12.4. The quantitative estimate of drug-likeness (QED) is 0.904. The molecule has 1 saturated heterocycles. The first-order chi connectivity index (χ1) is 8.76. The van der Waals surface area contributed by atoms with Gasteiger partial charge in [0.05, 0.1) is 6.54 Å². The van der Waals surface area contributed by atoms with Crippen LogP contribution in [0.15, 0.2) is 16.6 Å². The summed E-state index contributed by atoms with van der Waals surface area (Å²) in [7, 11) is 0. The van der Waals surface area contributed by atoms with Crippen LogP contribution in [0.1, 0.15) is 37.6 Å². The minimum Gasteiger partial charge on any atom is -0.359 e. The molecule has 2 heterocycles. The number of amidine groups is 1. The minimum absolute atomic E-state index is 0.337. The van der Waals surface area contributed by atoms with Crippen LogP contribution in [0.3, 0.4) is 0 Å². The summed E-state index contributed by atoms with van der Waals surface area (Å²) in [6.45, 7) is 3.09. The van der Waals surface area contributed by atoms with E-state index in [0.717, 1.165) is 22.6 Å². The lowest BCUT2D eigenvalue weighted by Crippen LogP contribution is -2.47. The zero-order valence-corrected chi connectivity index (χ0v) is 12.3. The number of nitrogens with zero attached hydrogens (tertiary/aromatic N) is 2. The molecule has 1 N–H and O–H groups in total. The monoisotopic (exact) mass is 281 g/mol. The average molecular weight is 281 g/mol. The van der Waals surface area contributed by atoms with Crippen molar-refractivity contribution in [2.45, 2.75) is 44.7 Å². The summed E-state index contributed by atoms with van der Waals surface area (Å²) >= 11 is 3.57. The maximum absolute atomic E-state index is 4.66. The van der Waals surface area contributed by atoms with Crippen LogP contribution in [-0.2, 0) is 6.54 Å². The number of nitrogens with one attached hydrogen (secondary N) is 1. The first-order valence-electron chi connectivity index (χ1n) is 6.60. The lowest BCUT2D eigenvalue weighted by molar-refractivity contribution is 0.242. The summed E-state index contributed by atoms with van der Waals surface area (Å²) in [6.07, 6.45) is 7.20. The molecule has 18 heavy (non-hydrogen) atoms. The van der Waals surface area contributed by atoms with Crippen molar-refractivity contribution in [2.24, 2.45) is 10.9 Å². The number of rotatable bonds is 2. The number of hydrogen-bond acceptors (Lipinski definition) is 4. The van der Waals surface area contributed by atoms with Gasteiger partial charge in [-0.1, -0.05) is 31.5 Å².